The summed E-state index contributed by atoms with van der Waals surface area (Å²) < 4.78 is 37.3. The fourth-order valence-corrected chi connectivity index (χ4v) is 1.41. The molecule has 0 radical (unpaired) electrons. The molecule has 0 fully saturated rings. The lowest BCUT2D eigenvalue weighted by Crippen LogP contribution is -2.12. The van der Waals surface area contributed by atoms with Crippen LogP contribution in [-0.2, 0) is 6.18 Å². The summed E-state index contributed by atoms with van der Waals surface area (Å²) in [6.45, 7) is 3.55. The van der Waals surface area contributed by atoms with Gasteiger partial charge < -0.3 is 5.73 Å². The van der Waals surface area contributed by atoms with Crippen LogP contribution in [0.3, 0.4) is 0 Å². The van der Waals surface area contributed by atoms with Gasteiger partial charge in [-0.1, -0.05) is 18.2 Å². The molecule has 17 heavy (non-hydrogen) atoms. The van der Waals surface area contributed by atoms with E-state index in [0.717, 1.165) is 12.1 Å². The summed E-state index contributed by atoms with van der Waals surface area (Å²) in [4.78, 5) is 0. The van der Waals surface area contributed by atoms with Crippen molar-refractivity contribution in [3.05, 3.63) is 48.0 Å². The normalized spacial score (nSPS) is 12.7. The average Bonchev–Trinajstić information content (AvgIpc) is 2.25. The Kier molecular flexibility index (Phi) is 6.27. The van der Waals surface area contributed by atoms with Crippen molar-refractivity contribution in [2.45, 2.75) is 25.1 Å². The molecule has 0 aliphatic heterocycles. The zero-order chi connectivity index (χ0) is 12.2. The highest BCUT2D eigenvalue weighted by Crippen LogP contribution is 2.30. The van der Waals surface area contributed by atoms with Gasteiger partial charge >= 0.3 is 6.18 Å². The van der Waals surface area contributed by atoms with Crippen LogP contribution in [0.15, 0.2) is 36.9 Å². The number of rotatable bonds is 4. The Morgan fingerprint density at radius 2 is 2.00 bits per heavy atom. The van der Waals surface area contributed by atoms with Crippen LogP contribution < -0.4 is 5.73 Å². The van der Waals surface area contributed by atoms with Gasteiger partial charge in [0.2, 0.25) is 0 Å². The van der Waals surface area contributed by atoms with Gasteiger partial charge in [0.1, 0.15) is 0 Å². The Morgan fingerprint density at radius 3 is 2.53 bits per heavy atom. The number of halogens is 4. The first-order chi connectivity index (χ1) is 7.45. The number of allylic oxidation sites excluding steroid dienone is 1. The summed E-state index contributed by atoms with van der Waals surface area (Å²) in [5, 5.41) is 0. The molecule has 1 nitrogen and oxygen atoms in total. The maximum Gasteiger partial charge on any atom is 0.416 e. The van der Waals surface area contributed by atoms with E-state index in [1.54, 1.807) is 12.1 Å². The van der Waals surface area contributed by atoms with Crippen LogP contribution in [0.1, 0.15) is 30.0 Å². The third-order valence-electron chi connectivity index (χ3n) is 2.32. The summed E-state index contributed by atoms with van der Waals surface area (Å²) in [7, 11) is 0. The molecule has 0 aliphatic carbocycles. The van der Waals surface area contributed by atoms with Gasteiger partial charge in [0, 0.05) is 6.04 Å². The predicted molar refractivity (Wildman–Crippen MR) is 65.1 cm³/mol. The van der Waals surface area contributed by atoms with Crippen LogP contribution in [0.2, 0.25) is 0 Å². The molecule has 0 spiro atoms. The molecule has 2 N–H and O–H groups in total. The standard InChI is InChI=1S/C12H14F3N.ClH/c1-2-3-7-11(16)9-5-4-6-10(8-9)12(13,14)15;/h2,4-6,8,11H,1,3,7,16H2;1H/t11-;/m1./s1. The molecular weight excluding hydrogens is 251 g/mol. The minimum Gasteiger partial charge on any atom is -0.324 e. The minimum absolute atomic E-state index is 0. The molecular formula is C12H15ClF3N. The van der Waals surface area contributed by atoms with E-state index in [2.05, 4.69) is 6.58 Å². The highest BCUT2D eigenvalue weighted by atomic mass is 35.5. The molecule has 5 heteroatoms. The smallest absolute Gasteiger partial charge is 0.324 e. The van der Waals surface area contributed by atoms with Crippen molar-refractivity contribution < 1.29 is 13.2 Å². The maximum absolute atomic E-state index is 12.4. The average molecular weight is 266 g/mol. The summed E-state index contributed by atoms with van der Waals surface area (Å²) >= 11 is 0. The molecule has 0 aliphatic rings. The molecule has 0 unspecified atom stereocenters. The number of alkyl halides is 3. The Hall–Kier alpha value is -1.00. The highest BCUT2D eigenvalue weighted by Gasteiger charge is 2.30. The summed E-state index contributed by atoms with van der Waals surface area (Å²) in [6, 6.07) is 4.77. The van der Waals surface area contributed by atoms with Crippen molar-refractivity contribution in [1.82, 2.24) is 0 Å². The molecule has 0 bridgehead atoms. The van der Waals surface area contributed by atoms with Gasteiger partial charge in [-0.25, -0.2) is 0 Å². The van der Waals surface area contributed by atoms with E-state index >= 15 is 0 Å². The first-order valence-corrected chi connectivity index (χ1v) is 4.99. The van der Waals surface area contributed by atoms with Gasteiger partial charge in [0.25, 0.3) is 0 Å². The van der Waals surface area contributed by atoms with E-state index in [4.69, 9.17) is 5.73 Å². The monoisotopic (exact) mass is 265 g/mol. The van der Waals surface area contributed by atoms with E-state index in [-0.39, 0.29) is 18.4 Å². The molecule has 96 valence electrons. The van der Waals surface area contributed by atoms with Crippen molar-refractivity contribution in [3.63, 3.8) is 0 Å². The number of benzene rings is 1. The van der Waals surface area contributed by atoms with E-state index in [0.29, 0.717) is 18.4 Å². The highest BCUT2D eigenvalue weighted by molar-refractivity contribution is 5.85. The first-order valence-electron chi connectivity index (χ1n) is 4.99. The van der Waals surface area contributed by atoms with Gasteiger partial charge in [-0.15, -0.1) is 19.0 Å². The second kappa shape index (κ2) is 6.67. The van der Waals surface area contributed by atoms with Crippen LogP contribution in [0, 0.1) is 0 Å². The zero-order valence-corrected chi connectivity index (χ0v) is 10.0. The summed E-state index contributed by atoms with van der Waals surface area (Å²) in [5.41, 5.74) is 5.64. The largest absolute Gasteiger partial charge is 0.416 e. The van der Waals surface area contributed by atoms with Gasteiger partial charge in [-0.05, 0) is 30.5 Å². The fourth-order valence-electron chi connectivity index (χ4n) is 1.41. The Bertz CT molecular complexity index is 363. The number of hydrogen-bond acceptors (Lipinski definition) is 1. The number of hydrogen-bond donors (Lipinski definition) is 1. The molecule has 0 aromatic heterocycles. The van der Waals surface area contributed by atoms with E-state index in [1.165, 1.54) is 6.07 Å². The molecule has 1 rings (SSSR count). The molecule has 0 amide bonds. The van der Waals surface area contributed by atoms with Gasteiger partial charge in [0.15, 0.2) is 0 Å². The van der Waals surface area contributed by atoms with E-state index in [9.17, 15) is 13.2 Å². The summed E-state index contributed by atoms with van der Waals surface area (Å²) in [6.07, 6.45) is -1.32. The Balaban J connectivity index is 0.00000256. The van der Waals surface area contributed by atoms with Crippen LogP contribution in [-0.4, -0.2) is 0 Å². The second-order valence-corrected chi connectivity index (χ2v) is 3.60. The zero-order valence-electron chi connectivity index (χ0n) is 9.20. The van der Waals surface area contributed by atoms with E-state index in [1.807, 2.05) is 0 Å². The Morgan fingerprint density at radius 1 is 1.35 bits per heavy atom. The lowest BCUT2D eigenvalue weighted by Gasteiger charge is -2.13. The maximum atomic E-state index is 12.4. The summed E-state index contributed by atoms with van der Waals surface area (Å²) in [5.74, 6) is 0. The van der Waals surface area contributed by atoms with Crippen molar-refractivity contribution in [2.75, 3.05) is 0 Å². The van der Waals surface area contributed by atoms with Crippen molar-refractivity contribution in [3.8, 4) is 0 Å². The van der Waals surface area contributed by atoms with Crippen molar-refractivity contribution >= 4 is 12.4 Å². The third kappa shape index (κ3) is 4.79. The fraction of sp³-hybridized carbons (Fsp3) is 0.333. The van der Waals surface area contributed by atoms with Crippen LogP contribution in [0.4, 0.5) is 13.2 Å². The Labute approximate surface area is 105 Å². The molecule has 1 aromatic carbocycles. The molecule has 1 atom stereocenters. The molecule has 0 heterocycles. The molecule has 1 aromatic rings. The lowest BCUT2D eigenvalue weighted by atomic mass is 10.0. The van der Waals surface area contributed by atoms with Crippen LogP contribution in [0.25, 0.3) is 0 Å². The SMILES string of the molecule is C=CCC[C@@H](N)c1cccc(C(F)(F)F)c1.Cl. The number of nitrogens with two attached hydrogens (primary N) is 1. The van der Waals surface area contributed by atoms with Crippen LogP contribution in [0.5, 0.6) is 0 Å². The predicted octanol–water partition coefficient (Wildman–Crippen LogP) is 4.09. The van der Waals surface area contributed by atoms with Crippen molar-refractivity contribution in [1.29, 1.82) is 0 Å². The van der Waals surface area contributed by atoms with Gasteiger partial charge in [0.05, 0.1) is 5.56 Å². The topological polar surface area (TPSA) is 26.0 Å². The van der Waals surface area contributed by atoms with Crippen LogP contribution >= 0.6 is 12.4 Å². The van der Waals surface area contributed by atoms with Gasteiger partial charge in [-0.3, -0.25) is 0 Å². The van der Waals surface area contributed by atoms with E-state index < -0.39 is 11.7 Å². The second-order valence-electron chi connectivity index (χ2n) is 3.60. The van der Waals surface area contributed by atoms with Gasteiger partial charge in [-0.2, -0.15) is 13.2 Å². The molecule has 0 saturated heterocycles. The van der Waals surface area contributed by atoms with Crippen molar-refractivity contribution in [2.24, 2.45) is 5.73 Å². The lowest BCUT2D eigenvalue weighted by molar-refractivity contribution is -0.137. The first kappa shape index (κ1) is 16.0. The minimum atomic E-state index is -4.31. The third-order valence-corrected chi connectivity index (χ3v) is 2.32. The molecule has 0 saturated carbocycles. The quantitative estimate of drug-likeness (QED) is 0.815.